The quantitative estimate of drug-likeness (QED) is 0.845. The predicted octanol–water partition coefficient (Wildman–Crippen LogP) is 0.408. The Kier molecular flexibility index (Phi) is 3.88. The summed E-state index contributed by atoms with van der Waals surface area (Å²) < 4.78 is 2.95. The molecule has 1 aromatic carbocycles. The summed E-state index contributed by atoms with van der Waals surface area (Å²) in [7, 11) is 0. The number of hydrogen-bond donors (Lipinski definition) is 2. The van der Waals surface area contributed by atoms with Crippen molar-refractivity contribution in [1.29, 1.82) is 0 Å². The number of primary amides is 1. The maximum Gasteiger partial charge on any atom is 0.329 e. The zero-order chi connectivity index (χ0) is 14.7. The summed E-state index contributed by atoms with van der Waals surface area (Å²) in [6.07, 6.45) is 0.807. The molecule has 0 saturated heterocycles. The van der Waals surface area contributed by atoms with Crippen LogP contribution in [0.5, 0.6) is 0 Å². The Morgan fingerprint density at radius 1 is 1.20 bits per heavy atom. The Balaban J connectivity index is 2.47. The summed E-state index contributed by atoms with van der Waals surface area (Å²) >= 11 is 0. The number of imide groups is 1. The molecule has 2 aromatic rings. The number of urea groups is 1. The predicted molar refractivity (Wildman–Crippen MR) is 74.2 cm³/mol. The minimum Gasteiger partial charge on any atom is -0.351 e. The van der Waals surface area contributed by atoms with Crippen LogP contribution in [0.3, 0.4) is 0 Å². The molecule has 0 aliphatic rings. The first-order valence-electron chi connectivity index (χ1n) is 6.32. The molecule has 0 saturated carbocycles. The van der Waals surface area contributed by atoms with Gasteiger partial charge in [-0.05, 0) is 18.6 Å². The van der Waals surface area contributed by atoms with Crippen molar-refractivity contribution >= 4 is 23.0 Å². The number of aryl methyl sites for hydroxylation is 1. The largest absolute Gasteiger partial charge is 0.351 e. The number of carbonyl (C=O) groups excluding carboxylic acids is 2. The van der Waals surface area contributed by atoms with E-state index < -0.39 is 11.9 Å². The van der Waals surface area contributed by atoms with Gasteiger partial charge < -0.3 is 5.73 Å². The summed E-state index contributed by atoms with van der Waals surface area (Å²) in [5.41, 5.74) is 6.04. The highest BCUT2D eigenvalue weighted by Gasteiger charge is 2.15. The molecule has 1 aromatic heterocycles. The standard InChI is InChI=1S/C13H16N4O3/c1-2-7-16-9-5-3-4-6-10(9)17(13(16)20)8-11(18)15-12(14)19/h3-6H,2,7-8H2,1H3,(H3,14,15,18,19). The number of nitrogens with one attached hydrogen (secondary N) is 1. The lowest BCUT2D eigenvalue weighted by Gasteiger charge is -2.02. The van der Waals surface area contributed by atoms with Gasteiger partial charge in [-0.15, -0.1) is 0 Å². The van der Waals surface area contributed by atoms with E-state index in [-0.39, 0.29) is 12.2 Å². The van der Waals surface area contributed by atoms with Gasteiger partial charge >= 0.3 is 11.7 Å². The van der Waals surface area contributed by atoms with Crippen molar-refractivity contribution in [3.05, 3.63) is 34.7 Å². The number of nitrogens with zero attached hydrogens (tertiary/aromatic N) is 2. The van der Waals surface area contributed by atoms with Gasteiger partial charge in [0, 0.05) is 6.54 Å². The second-order valence-electron chi connectivity index (χ2n) is 4.42. The van der Waals surface area contributed by atoms with Gasteiger partial charge in [-0.3, -0.25) is 19.2 Å². The number of nitrogens with two attached hydrogens (primary N) is 1. The topological polar surface area (TPSA) is 99.1 Å². The molecular weight excluding hydrogens is 260 g/mol. The molecule has 20 heavy (non-hydrogen) atoms. The number of carbonyl (C=O) groups is 2. The maximum atomic E-state index is 12.3. The number of rotatable bonds is 4. The molecule has 0 fully saturated rings. The Morgan fingerprint density at radius 2 is 1.80 bits per heavy atom. The van der Waals surface area contributed by atoms with Gasteiger partial charge in [0.1, 0.15) is 6.54 Å². The van der Waals surface area contributed by atoms with Crippen LogP contribution < -0.4 is 16.7 Å². The second kappa shape index (κ2) is 5.60. The highest BCUT2D eigenvalue weighted by atomic mass is 16.2. The smallest absolute Gasteiger partial charge is 0.329 e. The molecule has 106 valence electrons. The third-order valence-electron chi connectivity index (χ3n) is 2.94. The first kappa shape index (κ1) is 13.9. The van der Waals surface area contributed by atoms with Crippen LogP contribution in [0.15, 0.2) is 29.1 Å². The van der Waals surface area contributed by atoms with Crippen LogP contribution in [-0.2, 0) is 17.9 Å². The number of aromatic nitrogens is 2. The Hall–Kier alpha value is -2.57. The Morgan fingerprint density at radius 3 is 2.35 bits per heavy atom. The monoisotopic (exact) mass is 276 g/mol. The first-order valence-corrected chi connectivity index (χ1v) is 6.32. The molecule has 3 amide bonds. The summed E-state index contributed by atoms with van der Waals surface area (Å²) in [6.45, 7) is 2.31. The van der Waals surface area contributed by atoms with Crippen LogP contribution in [0.4, 0.5) is 4.79 Å². The summed E-state index contributed by atoms with van der Waals surface area (Å²) in [5, 5.41) is 1.96. The van der Waals surface area contributed by atoms with Crippen molar-refractivity contribution in [3.8, 4) is 0 Å². The fraction of sp³-hybridized carbons (Fsp3) is 0.308. The van der Waals surface area contributed by atoms with Gasteiger partial charge in [0.05, 0.1) is 11.0 Å². The van der Waals surface area contributed by atoms with Crippen molar-refractivity contribution in [2.75, 3.05) is 0 Å². The summed E-state index contributed by atoms with van der Waals surface area (Å²) in [5.74, 6) is -0.612. The molecule has 3 N–H and O–H groups in total. The molecule has 0 atom stereocenters. The normalized spacial score (nSPS) is 10.7. The third kappa shape index (κ3) is 2.56. The van der Waals surface area contributed by atoms with E-state index in [2.05, 4.69) is 0 Å². The zero-order valence-corrected chi connectivity index (χ0v) is 11.1. The molecule has 0 radical (unpaired) electrons. The Bertz CT molecular complexity index is 714. The zero-order valence-electron chi connectivity index (χ0n) is 11.1. The minimum atomic E-state index is -0.930. The van der Waals surface area contributed by atoms with Crippen LogP contribution in [0, 0.1) is 0 Å². The molecule has 7 nitrogen and oxygen atoms in total. The minimum absolute atomic E-state index is 0.237. The second-order valence-corrected chi connectivity index (χ2v) is 4.42. The van der Waals surface area contributed by atoms with Crippen molar-refractivity contribution < 1.29 is 9.59 Å². The number of imidazole rings is 1. The van der Waals surface area contributed by atoms with E-state index in [4.69, 9.17) is 5.73 Å². The molecule has 0 unspecified atom stereocenters. The van der Waals surface area contributed by atoms with Gasteiger partial charge in [0.25, 0.3) is 0 Å². The van der Waals surface area contributed by atoms with Crippen molar-refractivity contribution in [1.82, 2.24) is 14.5 Å². The van der Waals surface area contributed by atoms with Crippen LogP contribution >= 0.6 is 0 Å². The molecule has 2 rings (SSSR count). The van der Waals surface area contributed by atoms with E-state index in [0.29, 0.717) is 12.1 Å². The van der Waals surface area contributed by atoms with Crippen molar-refractivity contribution in [2.45, 2.75) is 26.4 Å². The molecular formula is C13H16N4O3. The van der Waals surface area contributed by atoms with E-state index in [9.17, 15) is 14.4 Å². The van der Waals surface area contributed by atoms with Gasteiger partial charge in [-0.1, -0.05) is 19.1 Å². The number of amides is 3. The molecule has 0 aliphatic heterocycles. The molecule has 1 heterocycles. The lowest BCUT2D eigenvalue weighted by atomic mass is 10.3. The summed E-state index contributed by atoms with van der Waals surface area (Å²) in [4.78, 5) is 34.6. The third-order valence-corrected chi connectivity index (χ3v) is 2.94. The number of benzene rings is 1. The summed E-state index contributed by atoms with van der Waals surface area (Å²) in [6, 6.07) is 6.29. The van der Waals surface area contributed by atoms with Gasteiger partial charge in [0.15, 0.2) is 0 Å². The maximum absolute atomic E-state index is 12.3. The van der Waals surface area contributed by atoms with E-state index in [1.54, 1.807) is 16.7 Å². The van der Waals surface area contributed by atoms with Gasteiger partial charge in [-0.25, -0.2) is 9.59 Å². The lowest BCUT2D eigenvalue weighted by molar-refractivity contribution is -0.120. The molecule has 0 spiro atoms. The van der Waals surface area contributed by atoms with Crippen LogP contribution in [-0.4, -0.2) is 21.1 Å². The number of fused-ring (bicyclic) bond motifs is 1. The molecule has 0 aliphatic carbocycles. The molecule has 0 bridgehead atoms. The van der Waals surface area contributed by atoms with E-state index in [1.165, 1.54) is 4.57 Å². The van der Waals surface area contributed by atoms with Crippen LogP contribution in [0.1, 0.15) is 13.3 Å². The fourth-order valence-electron chi connectivity index (χ4n) is 2.19. The van der Waals surface area contributed by atoms with Crippen LogP contribution in [0.25, 0.3) is 11.0 Å². The van der Waals surface area contributed by atoms with E-state index in [1.807, 2.05) is 24.4 Å². The fourth-order valence-corrected chi connectivity index (χ4v) is 2.19. The van der Waals surface area contributed by atoms with Gasteiger partial charge in [-0.2, -0.15) is 0 Å². The van der Waals surface area contributed by atoms with Crippen molar-refractivity contribution in [3.63, 3.8) is 0 Å². The van der Waals surface area contributed by atoms with Crippen molar-refractivity contribution in [2.24, 2.45) is 5.73 Å². The number of para-hydroxylation sites is 2. The number of hydrogen-bond acceptors (Lipinski definition) is 3. The highest BCUT2D eigenvalue weighted by molar-refractivity contribution is 5.93. The SMILES string of the molecule is CCCn1c(=O)n(CC(=O)NC(N)=O)c2ccccc21. The van der Waals surface area contributed by atoms with Crippen LogP contribution in [0.2, 0.25) is 0 Å². The average Bonchev–Trinajstić information content (AvgIpc) is 2.64. The first-order chi connectivity index (χ1) is 9.54. The highest BCUT2D eigenvalue weighted by Crippen LogP contribution is 2.12. The molecule has 7 heteroatoms. The Labute approximate surface area is 115 Å². The van der Waals surface area contributed by atoms with Gasteiger partial charge in [0.2, 0.25) is 5.91 Å². The van der Waals surface area contributed by atoms with E-state index in [0.717, 1.165) is 11.9 Å². The average molecular weight is 276 g/mol. The lowest BCUT2D eigenvalue weighted by Crippen LogP contribution is -2.39. The van der Waals surface area contributed by atoms with E-state index >= 15 is 0 Å².